The van der Waals surface area contributed by atoms with E-state index in [9.17, 15) is 0 Å². The fourth-order valence-corrected chi connectivity index (χ4v) is 8.93. The number of para-hydroxylation sites is 2. The highest BCUT2D eigenvalue weighted by molar-refractivity contribution is 6.22. The third-order valence-electron chi connectivity index (χ3n) is 11.2. The maximum atomic E-state index is 5.26. The molecule has 1 aliphatic carbocycles. The van der Waals surface area contributed by atoms with E-state index >= 15 is 0 Å². The van der Waals surface area contributed by atoms with Gasteiger partial charge in [0.25, 0.3) is 0 Å². The molecule has 4 heteroatoms. The van der Waals surface area contributed by atoms with Crippen LogP contribution in [0.25, 0.3) is 110 Å². The van der Waals surface area contributed by atoms with Crippen molar-refractivity contribution in [1.82, 2.24) is 19.1 Å². The number of rotatable bonds is 3. The molecule has 4 aromatic heterocycles. The molecule has 1 aliphatic rings. The van der Waals surface area contributed by atoms with Gasteiger partial charge in [-0.1, -0.05) is 103 Å². The molecule has 4 nitrogen and oxygen atoms in total. The Bertz CT molecular complexity index is 3260. The average molecular weight is 661 g/mol. The van der Waals surface area contributed by atoms with Crippen LogP contribution in [-0.2, 0) is 0 Å². The van der Waals surface area contributed by atoms with E-state index in [0.29, 0.717) is 0 Å². The maximum Gasteiger partial charge on any atom is 0.145 e. The highest BCUT2D eigenvalue weighted by Crippen LogP contribution is 2.48. The highest BCUT2D eigenvalue weighted by Gasteiger charge is 2.25. The van der Waals surface area contributed by atoms with Crippen molar-refractivity contribution in [3.8, 4) is 44.9 Å². The number of benzene rings is 7. The third-order valence-corrected chi connectivity index (χ3v) is 11.2. The van der Waals surface area contributed by atoms with Gasteiger partial charge >= 0.3 is 0 Å². The molecule has 240 valence electrons. The Hall–Kier alpha value is -7.04. The van der Waals surface area contributed by atoms with Crippen molar-refractivity contribution in [1.29, 1.82) is 0 Å². The van der Waals surface area contributed by atoms with Crippen LogP contribution in [0.5, 0.6) is 0 Å². The summed E-state index contributed by atoms with van der Waals surface area (Å²) in [5, 5.41) is 9.74. The lowest BCUT2D eigenvalue weighted by Gasteiger charge is -2.13. The first-order valence-corrected chi connectivity index (χ1v) is 17.7. The van der Waals surface area contributed by atoms with Gasteiger partial charge in [0, 0.05) is 73.1 Å². The highest BCUT2D eigenvalue weighted by atomic mass is 15.1. The number of hydrogen-bond donors (Lipinski definition) is 0. The second-order valence-electron chi connectivity index (χ2n) is 13.8. The summed E-state index contributed by atoms with van der Waals surface area (Å²) in [6, 6.07) is 55.2. The van der Waals surface area contributed by atoms with E-state index < -0.39 is 0 Å². The van der Waals surface area contributed by atoms with Gasteiger partial charge in [-0.05, 0) is 76.2 Å². The summed E-state index contributed by atoms with van der Waals surface area (Å²) < 4.78 is 4.77. The summed E-state index contributed by atoms with van der Waals surface area (Å²) in [6.07, 6.45) is 5.90. The first kappa shape index (κ1) is 27.7. The van der Waals surface area contributed by atoms with Crippen molar-refractivity contribution in [3.63, 3.8) is 0 Å². The average Bonchev–Trinajstić information content (AvgIpc) is 3.85. The van der Waals surface area contributed by atoms with Crippen LogP contribution < -0.4 is 0 Å². The van der Waals surface area contributed by atoms with E-state index in [-0.39, 0.29) is 0 Å². The summed E-state index contributed by atoms with van der Waals surface area (Å²) in [5.41, 5.74) is 13.0. The maximum absolute atomic E-state index is 5.26. The molecule has 0 unspecified atom stereocenters. The topological polar surface area (TPSA) is 35.6 Å². The van der Waals surface area contributed by atoms with E-state index in [1.54, 1.807) is 0 Å². The molecule has 0 N–H and O–H groups in total. The predicted octanol–water partition coefficient (Wildman–Crippen LogP) is 12.3. The van der Waals surface area contributed by atoms with E-state index in [1.807, 2.05) is 18.6 Å². The van der Waals surface area contributed by atoms with Gasteiger partial charge in [-0.3, -0.25) is 9.55 Å². The lowest BCUT2D eigenvalue weighted by molar-refractivity contribution is 1.11. The minimum atomic E-state index is 0.945. The fraction of sp³-hybridized carbons (Fsp3) is 0. The molecule has 0 saturated heterocycles. The molecule has 0 saturated carbocycles. The zero-order chi connectivity index (χ0) is 33.9. The molecule has 11 aromatic rings. The van der Waals surface area contributed by atoms with Gasteiger partial charge in [0.2, 0.25) is 0 Å². The fourth-order valence-electron chi connectivity index (χ4n) is 8.93. The van der Waals surface area contributed by atoms with Crippen LogP contribution >= 0.6 is 0 Å². The number of hydrogen-bond acceptors (Lipinski definition) is 2. The zero-order valence-electron chi connectivity index (χ0n) is 28.0. The molecule has 0 aliphatic heterocycles. The van der Waals surface area contributed by atoms with Crippen LogP contribution in [0.4, 0.5) is 0 Å². The third kappa shape index (κ3) is 3.65. The van der Waals surface area contributed by atoms with Crippen LogP contribution in [0, 0.1) is 0 Å². The summed E-state index contributed by atoms with van der Waals surface area (Å²) in [5.74, 6) is 0.945. The minimum absolute atomic E-state index is 0.945. The summed E-state index contributed by atoms with van der Waals surface area (Å²) in [4.78, 5) is 9.72. The molecule has 0 atom stereocenters. The van der Waals surface area contributed by atoms with Crippen LogP contribution in [-0.4, -0.2) is 19.1 Å². The van der Waals surface area contributed by atoms with Gasteiger partial charge in [0.15, 0.2) is 0 Å². The largest absolute Gasteiger partial charge is 0.309 e. The smallest absolute Gasteiger partial charge is 0.145 e. The molecule has 4 heterocycles. The van der Waals surface area contributed by atoms with Crippen LogP contribution in [0.2, 0.25) is 0 Å². The van der Waals surface area contributed by atoms with Crippen LogP contribution in [0.3, 0.4) is 0 Å². The standard InChI is InChI=1S/C48H28N4/c1-2-10-32(11-3-1)51-43-16-7-6-13-35(43)39-25-30(18-21-44(39)51)31-19-22-45-40(26-31)37-20-17-29-9-4-5-12-33(29)47(37)52(45)48-38-15-8-14-36-34-23-24-49-27-41(34)42(28-50-48)46(36)38/h1-28H. The van der Waals surface area contributed by atoms with E-state index in [1.165, 1.54) is 82.2 Å². The van der Waals surface area contributed by atoms with E-state index in [2.05, 4.69) is 166 Å². The number of pyridine rings is 2. The normalized spacial score (nSPS) is 12.2. The van der Waals surface area contributed by atoms with Crippen molar-refractivity contribution in [2.45, 2.75) is 0 Å². The molecule has 7 aromatic carbocycles. The molecule has 0 spiro atoms. The van der Waals surface area contributed by atoms with E-state index in [0.717, 1.165) is 27.8 Å². The first-order chi connectivity index (χ1) is 25.8. The molecule has 0 radical (unpaired) electrons. The Kier molecular flexibility index (Phi) is 5.47. The molecule has 12 rings (SSSR count). The lowest BCUT2D eigenvalue weighted by atomic mass is 10.00. The quantitative estimate of drug-likeness (QED) is 0.189. The zero-order valence-corrected chi connectivity index (χ0v) is 28.0. The number of aromatic nitrogens is 4. The van der Waals surface area contributed by atoms with Crippen molar-refractivity contribution in [2.24, 2.45) is 0 Å². The van der Waals surface area contributed by atoms with Crippen LogP contribution in [0.1, 0.15) is 0 Å². The molecular weight excluding hydrogens is 633 g/mol. The van der Waals surface area contributed by atoms with Gasteiger partial charge in [-0.25, -0.2) is 4.98 Å². The lowest BCUT2D eigenvalue weighted by Crippen LogP contribution is -1.99. The first-order valence-electron chi connectivity index (χ1n) is 17.7. The Labute approximate surface area is 298 Å². The monoisotopic (exact) mass is 660 g/mol. The van der Waals surface area contributed by atoms with Gasteiger partial charge < -0.3 is 4.57 Å². The van der Waals surface area contributed by atoms with E-state index in [4.69, 9.17) is 4.98 Å². The van der Waals surface area contributed by atoms with Crippen molar-refractivity contribution in [3.05, 3.63) is 170 Å². The van der Waals surface area contributed by atoms with Crippen molar-refractivity contribution < 1.29 is 0 Å². The van der Waals surface area contributed by atoms with Crippen molar-refractivity contribution >= 4 is 65.2 Å². The van der Waals surface area contributed by atoms with Crippen LogP contribution in [0.15, 0.2) is 170 Å². The molecule has 0 bridgehead atoms. The Balaban J connectivity index is 1.12. The molecule has 0 amide bonds. The van der Waals surface area contributed by atoms with Gasteiger partial charge in [-0.2, -0.15) is 0 Å². The van der Waals surface area contributed by atoms with Gasteiger partial charge in [0.05, 0.1) is 22.1 Å². The second kappa shape index (κ2) is 10.3. The molecule has 52 heavy (non-hydrogen) atoms. The second-order valence-corrected chi connectivity index (χ2v) is 13.8. The molecule has 0 fully saturated rings. The number of nitrogens with zero attached hydrogens (tertiary/aromatic N) is 4. The Morgan fingerprint density at radius 2 is 1.12 bits per heavy atom. The van der Waals surface area contributed by atoms with Crippen molar-refractivity contribution in [2.75, 3.05) is 0 Å². The Morgan fingerprint density at radius 1 is 0.404 bits per heavy atom. The summed E-state index contributed by atoms with van der Waals surface area (Å²) >= 11 is 0. The van der Waals surface area contributed by atoms with Gasteiger partial charge in [0.1, 0.15) is 5.82 Å². The SMILES string of the molecule is c1ccc(-n2c3ccccc3c3cc(-c4ccc5c(c4)c4ccc6ccccc6c4n5-c4ncc5c6c(cccc46)-c4ccncc4-5)ccc32)cc1. The summed E-state index contributed by atoms with van der Waals surface area (Å²) in [7, 11) is 0. The minimum Gasteiger partial charge on any atom is -0.309 e. The molecular formula is C48H28N4. The number of fused-ring (bicyclic) bond motifs is 11. The predicted molar refractivity (Wildman–Crippen MR) is 216 cm³/mol. The summed E-state index contributed by atoms with van der Waals surface area (Å²) in [6.45, 7) is 0. The van der Waals surface area contributed by atoms with Gasteiger partial charge in [-0.15, -0.1) is 0 Å². The Morgan fingerprint density at radius 3 is 1.98 bits per heavy atom.